The average molecular weight is 342 g/mol. The molecule has 6 nitrogen and oxygen atoms in total. The van der Waals surface area contributed by atoms with Gasteiger partial charge in [0.15, 0.2) is 0 Å². The fourth-order valence-corrected chi connectivity index (χ4v) is 2.66. The summed E-state index contributed by atoms with van der Waals surface area (Å²) < 4.78 is 2.63. The molecule has 1 atom stereocenters. The molecule has 1 fully saturated rings. The number of carbonyl (C=O) groups is 3. The number of aryl methyl sites for hydroxylation is 1. The lowest BCUT2D eigenvalue weighted by atomic mass is 10.2. The van der Waals surface area contributed by atoms with Crippen molar-refractivity contribution in [1.29, 1.82) is 0 Å². The van der Waals surface area contributed by atoms with Crippen LogP contribution in [0.25, 0.3) is 0 Å². The van der Waals surface area contributed by atoms with E-state index in [1.165, 1.54) is 7.05 Å². The molecule has 7 heteroatoms. The Morgan fingerprint density at radius 2 is 2.20 bits per heavy atom. The van der Waals surface area contributed by atoms with Crippen LogP contribution in [0.4, 0.5) is 0 Å². The fraction of sp³-hybridized carbons (Fsp3) is 0.462. The Morgan fingerprint density at radius 3 is 2.75 bits per heavy atom. The molecule has 1 aromatic rings. The van der Waals surface area contributed by atoms with Gasteiger partial charge in [-0.05, 0) is 28.4 Å². The van der Waals surface area contributed by atoms with Crippen LogP contribution < -0.4 is 5.32 Å². The molecule has 3 amide bonds. The molecular weight excluding hydrogens is 326 g/mol. The molecule has 0 spiro atoms. The zero-order valence-corrected chi connectivity index (χ0v) is 12.9. The van der Waals surface area contributed by atoms with Crippen LogP contribution in [0.1, 0.15) is 30.3 Å². The second-order valence-electron chi connectivity index (χ2n) is 4.76. The number of rotatable bonds is 4. The first-order chi connectivity index (χ1) is 9.43. The van der Waals surface area contributed by atoms with Crippen LogP contribution >= 0.6 is 15.9 Å². The minimum absolute atomic E-state index is 0.0245. The average Bonchev–Trinajstić information content (AvgIpc) is 2.87. The lowest BCUT2D eigenvalue weighted by molar-refractivity contribution is -0.137. The van der Waals surface area contributed by atoms with E-state index >= 15 is 0 Å². The molecule has 1 unspecified atom stereocenters. The summed E-state index contributed by atoms with van der Waals surface area (Å²) in [5.41, 5.74) is 0.480. The first-order valence-electron chi connectivity index (χ1n) is 6.41. The van der Waals surface area contributed by atoms with E-state index in [-0.39, 0.29) is 24.1 Å². The van der Waals surface area contributed by atoms with E-state index in [4.69, 9.17) is 0 Å². The van der Waals surface area contributed by atoms with Gasteiger partial charge in [-0.2, -0.15) is 0 Å². The molecular formula is C13H16BrN3O3. The van der Waals surface area contributed by atoms with Gasteiger partial charge in [0.25, 0.3) is 11.8 Å². The number of nitrogens with one attached hydrogen (secondary N) is 1. The number of likely N-dealkylation sites (N-methyl/N-ethyl adjacent to an activating group) is 1. The van der Waals surface area contributed by atoms with Crippen LogP contribution in [0.3, 0.4) is 0 Å². The second-order valence-corrected chi connectivity index (χ2v) is 5.67. The number of halogens is 1. The largest absolute Gasteiger partial charge is 0.342 e. The van der Waals surface area contributed by atoms with Gasteiger partial charge in [0.2, 0.25) is 5.91 Å². The number of hydrogen-bond donors (Lipinski definition) is 1. The fourth-order valence-electron chi connectivity index (χ4n) is 2.19. The van der Waals surface area contributed by atoms with Crippen molar-refractivity contribution in [2.75, 3.05) is 7.05 Å². The minimum Gasteiger partial charge on any atom is -0.342 e. The van der Waals surface area contributed by atoms with E-state index in [0.717, 1.165) is 15.8 Å². The summed E-state index contributed by atoms with van der Waals surface area (Å²) in [6.07, 6.45) is 2.74. The van der Waals surface area contributed by atoms with Crippen LogP contribution in [0, 0.1) is 0 Å². The summed E-state index contributed by atoms with van der Waals surface area (Å²) in [5.74, 6) is -0.980. The van der Waals surface area contributed by atoms with Crippen LogP contribution in [-0.4, -0.2) is 40.3 Å². The van der Waals surface area contributed by atoms with Crippen molar-refractivity contribution in [3.05, 3.63) is 22.4 Å². The van der Waals surface area contributed by atoms with Gasteiger partial charge < -0.3 is 9.88 Å². The molecule has 108 valence electrons. The van der Waals surface area contributed by atoms with Gasteiger partial charge in [-0.3, -0.25) is 19.3 Å². The molecule has 0 saturated carbocycles. The summed E-state index contributed by atoms with van der Waals surface area (Å²) in [7, 11) is 1.42. The molecule has 1 aliphatic rings. The summed E-state index contributed by atoms with van der Waals surface area (Å²) in [4.78, 5) is 36.5. The van der Waals surface area contributed by atoms with Crippen molar-refractivity contribution in [2.24, 2.45) is 0 Å². The van der Waals surface area contributed by atoms with Crippen molar-refractivity contribution in [3.8, 4) is 0 Å². The molecule has 0 radical (unpaired) electrons. The lowest BCUT2D eigenvalue weighted by Gasteiger charge is -2.12. The zero-order chi connectivity index (χ0) is 14.9. The zero-order valence-electron chi connectivity index (χ0n) is 11.4. The van der Waals surface area contributed by atoms with Gasteiger partial charge in [-0.15, -0.1) is 0 Å². The van der Waals surface area contributed by atoms with E-state index in [0.29, 0.717) is 12.2 Å². The number of aromatic nitrogens is 1. The van der Waals surface area contributed by atoms with Gasteiger partial charge in [0, 0.05) is 24.3 Å². The van der Waals surface area contributed by atoms with Crippen LogP contribution in [-0.2, 0) is 16.1 Å². The highest BCUT2D eigenvalue weighted by Gasteiger charge is 2.37. The topological polar surface area (TPSA) is 71.4 Å². The number of nitrogens with zero attached hydrogens (tertiary/aromatic N) is 2. The SMILES string of the molecule is CCCn1cc(Br)cc1C(=O)NC1CC(=O)N(C)C1=O. The summed E-state index contributed by atoms with van der Waals surface area (Å²) in [5, 5.41) is 2.63. The Balaban J connectivity index is 2.13. The van der Waals surface area contributed by atoms with Crippen molar-refractivity contribution in [1.82, 2.24) is 14.8 Å². The number of carbonyl (C=O) groups excluding carboxylic acids is 3. The Labute approximate surface area is 125 Å². The highest BCUT2D eigenvalue weighted by atomic mass is 79.9. The van der Waals surface area contributed by atoms with Crippen LogP contribution in [0.2, 0.25) is 0 Å². The summed E-state index contributed by atoms with van der Waals surface area (Å²) in [6.45, 7) is 2.73. The molecule has 2 heterocycles. The smallest absolute Gasteiger partial charge is 0.268 e. The highest BCUT2D eigenvalue weighted by molar-refractivity contribution is 9.10. The maximum absolute atomic E-state index is 12.2. The summed E-state index contributed by atoms with van der Waals surface area (Å²) in [6, 6.07) is 0.944. The third-order valence-electron chi connectivity index (χ3n) is 3.25. The molecule has 0 bridgehead atoms. The van der Waals surface area contributed by atoms with Crippen LogP contribution in [0.15, 0.2) is 16.7 Å². The Kier molecular flexibility index (Phi) is 4.27. The second kappa shape index (κ2) is 5.78. The Hall–Kier alpha value is -1.63. The lowest BCUT2D eigenvalue weighted by Crippen LogP contribution is -2.41. The third-order valence-corrected chi connectivity index (χ3v) is 3.68. The molecule has 20 heavy (non-hydrogen) atoms. The normalized spacial score (nSPS) is 18.8. The number of imide groups is 1. The van der Waals surface area contributed by atoms with Gasteiger partial charge in [0.1, 0.15) is 11.7 Å². The van der Waals surface area contributed by atoms with Gasteiger partial charge in [-0.1, -0.05) is 6.92 Å². The Morgan fingerprint density at radius 1 is 1.50 bits per heavy atom. The predicted octanol–water partition coefficient (Wildman–Crippen LogP) is 1.15. The van der Waals surface area contributed by atoms with Crippen molar-refractivity contribution >= 4 is 33.7 Å². The minimum atomic E-state index is -0.760. The molecule has 0 aromatic carbocycles. The quantitative estimate of drug-likeness (QED) is 0.835. The third kappa shape index (κ3) is 2.77. The van der Waals surface area contributed by atoms with Crippen molar-refractivity contribution in [3.63, 3.8) is 0 Å². The molecule has 2 rings (SSSR count). The Bertz CT molecular complexity index is 567. The number of hydrogen-bond acceptors (Lipinski definition) is 3. The monoisotopic (exact) mass is 341 g/mol. The maximum atomic E-state index is 12.2. The van der Waals surface area contributed by atoms with E-state index in [1.54, 1.807) is 6.07 Å². The molecule has 1 saturated heterocycles. The standard InChI is InChI=1S/C13H16BrN3O3/c1-3-4-17-7-8(14)5-10(17)12(19)15-9-6-11(18)16(2)13(9)20/h5,7,9H,3-4,6H2,1-2H3,(H,15,19). The predicted molar refractivity (Wildman–Crippen MR) is 76.1 cm³/mol. The first kappa shape index (κ1) is 14.8. The maximum Gasteiger partial charge on any atom is 0.268 e. The molecule has 1 N–H and O–H groups in total. The molecule has 0 aliphatic carbocycles. The first-order valence-corrected chi connectivity index (χ1v) is 7.20. The van der Waals surface area contributed by atoms with E-state index in [1.807, 2.05) is 17.7 Å². The molecule has 1 aromatic heterocycles. The van der Waals surface area contributed by atoms with Crippen molar-refractivity contribution < 1.29 is 14.4 Å². The summed E-state index contributed by atoms with van der Waals surface area (Å²) >= 11 is 3.33. The highest BCUT2D eigenvalue weighted by Crippen LogP contribution is 2.17. The van der Waals surface area contributed by atoms with E-state index in [9.17, 15) is 14.4 Å². The van der Waals surface area contributed by atoms with Crippen molar-refractivity contribution in [2.45, 2.75) is 32.4 Å². The van der Waals surface area contributed by atoms with Gasteiger partial charge in [-0.25, -0.2) is 0 Å². The number of likely N-dealkylation sites (tertiary alicyclic amines) is 1. The molecule has 1 aliphatic heterocycles. The van der Waals surface area contributed by atoms with E-state index in [2.05, 4.69) is 21.2 Å². The van der Waals surface area contributed by atoms with Gasteiger partial charge in [0.05, 0.1) is 6.42 Å². The van der Waals surface area contributed by atoms with Gasteiger partial charge >= 0.3 is 0 Å². The van der Waals surface area contributed by atoms with E-state index < -0.39 is 6.04 Å². The number of amides is 3. The van der Waals surface area contributed by atoms with Crippen LogP contribution in [0.5, 0.6) is 0 Å².